The molecule has 1 N–H and O–H groups in total. The van der Waals surface area contributed by atoms with Gasteiger partial charge in [0.05, 0.1) is 10.9 Å². The predicted molar refractivity (Wildman–Crippen MR) is 69.2 cm³/mol. The molecule has 2 aromatic rings. The highest BCUT2D eigenvalue weighted by Gasteiger charge is 2.27. The highest BCUT2D eigenvalue weighted by molar-refractivity contribution is 9.10. The van der Waals surface area contributed by atoms with Crippen LogP contribution in [-0.2, 0) is 10.2 Å². The van der Waals surface area contributed by atoms with Crippen molar-refractivity contribution in [2.45, 2.75) is 25.7 Å². The standard InChI is InChI=1S/C13H13BrO3/c1-13(2,6-11(15)16)9-5-3-4-8-10(14)7-17-12(8)9/h3-5,7H,6H2,1-2H3,(H,15,16). The van der Waals surface area contributed by atoms with Gasteiger partial charge in [0.1, 0.15) is 11.8 Å². The van der Waals surface area contributed by atoms with Gasteiger partial charge in [-0.15, -0.1) is 0 Å². The maximum Gasteiger partial charge on any atom is 0.304 e. The van der Waals surface area contributed by atoms with Crippen LogP contribution < -0.4 is 0 Å². The van der Waals surface area contributed by atoms with Crippen molar-refractivity contribution in [3.63, 3.8) is 0 Å². The van der Waals surface area contributed by atoms with Gasteiger partial charge in [-0.3, -0.25) is 4.79 Å². The van der Waals surface area contributed by atoms with E-state index in [0.717, 1.165) is 21.0 Å². The maximum absolute atomic E-state index is 10.9. The first-order valence-corrected chi connectivity index (χ1v) is 6.09. The molecule has 0 spiro atoms. The molecule has 1 aromatic carbocycles. The highest BCUT2D eigenvalue weighted by atomic mass is 79.9. The summed E-state index contributed by atoms with van der Waals surface area (Å²) in [6.07, 6.45) is 1.70. The second-order valence-electron chi connectivity index (χ2n) is 4.72. The van der Waals surface area contributed by atoms with Gasteiger partial charge in [-0.1, -0.05) is 26.0 Å². The van der Waals surface area contributed by atoms with Crippen LogP contribution in [0.2, 0.25) is 0 Å². The summed E-state index contributed by atoms with van der Waals surface area (Å²) in [5.74, 6) is -0.808. The summed E-state index contributed by atoms with van der Waals surface area (Å²) < 4.78 is 6.40. The number of benzene rings is 1. The molecule has 0 fully saturated rings. The van der Waals surface area contributed by atoms with E-state index in [0.29, 0.717) is 0 Å². The first-order valence-electron chi connectivity index (χ1n) is 5.30. The zero-order valence-corrected chi connectivity index (χ0v) is 11.2. The number of hydrogen-bond donors (Lipinski definition) is 1. The lowest BCUT2D eigenvalue weighted by molar-refractivity contribution is -0.138. The Balaban J connectivity index is 2.58. The number of carbonyl (C=O) groups is 1. The fourth-order valence-electron chi connectivity index (χ4n) is 2.03. The molecule has 1 aromatic heterocycles. The SMILES string of the molecule is CC(C)(CC(=O)O)c1cccc2c(Br)coc12. The van der Waals surface area contributed by atoms with Gasteiger partial charge >= 0.3 is 5.97 Å². The van der Waals surface area contributed by atoms with E-state index in [1.54, 1.807) is 6.26 Å². The number of rotatable bonds is 3. The van der Waals surface area contributed by atoms with E-state index in [-0.39, 0.29) is 6.42 Å². The van der Waals surface area contributed by atoms with E-state index in [4.69, 9.17) is 9.52 Å². The fourth-order valence-corrected chi connectivity index (χ4v) is 2.44. The van der Waals surface area contributed by atoms with Crippen LogP contribution in [0.5, 0.6) is 0 Å². The van der Waals surface area contributed by atoms with Gasteiger partial charge in [0.15, 0.2) is 0 Å². The van der Waals surface area contributed by atoms with E-state index >= 15 is 0 Å². The third kappa shape index (κ3) is 2.22. The average Bonchev–Trinajstić information content (AvgIpc) is 2.58. The van der Waals surface area contributed by atoms with E-state index in [9.17, 15) is 4.79 Å². The molecule has 0 aliphatic heterocycles. The molecule has 4 heteroatoms. The minimum absolute atomic E-state index is 0.0738. The van der Waals surface area contributed by atoms with Gasteiger partial charge in [0.25, 0.3) is 0 Å². The van der Waals surface area contributed by atoms with Crippen molar-refractivity contribution in [1.82, 2.24) is 0 Å². The summed E-state index contributed by atoms with van der Waals surface area (Å²) in [6.45, 7) is 3.82. The maximum atomic E-state index is 10.9. The van der Waals surface area contributed by atoms with Crippen molar-refractivity contribution in [2.75, 3.05) is 0 Å². The Morgan fingerprint density at radius 2 is 2.18 bits per heavy atom. The van der Waals surface area contributed by atoms with Gasteiger partial charge in [-0.25, -0.2) is 0 Å². The molecule has 0 saturated heterocycles. The predicted octanol–water partition coefficient (Wildman–Crippen LogP) is 3.95. The van der Waals surface area contributed by atoms with Crippen molar-refractivity contribution in [3.05, 3.63) is 34.5 Å². The Hall–Kier alpha value is -1.29. The Morgan fingerprint density at radius 1 is 1.47 bits per heavy atom. The average molecular weight is 297 g/mol. The number of carboxylic acid groups (broad SMARTS) is 1. The third-order valence-corrected chi connectivity index (χ3v) is 3.49. The monoisotopic (exact) mass is 296 g/mol. The number of halogens is 1. The van der Waals surface area contributed by atoms with E-state index < -0.39 is 11.4 Å². The van der Waals surface area contributed by atoms with Crippen LogP contribution in [0, 0.1) is 0 Å². The summed E-state index contributed by atoms with van der Waals surface area (Å²) in [5.41, 5.74) is 1.22. The van der Waals surface area contributed by atoms with Gasteiger partial charge in [0.2, 0.25) is 0 Å². The molecular weight excluding hydrogens is 284 g/mol. The van der Waals surface area contributed by atoms with E-state index in [2.05, 4.69) is 15.9 Å². The Kier molecular flexibility index (Phi) is 3.00. The van der Waals surface area contributed by atoms with Gasteiger partial charge in [-0.05, 0) is 22.0 Å². The lowest BCUT2D eigenvalue weighted by atomic mass is 9.81. The van der Waals surface area contributed by atoms with Crippen molar-refractivity contribution in [2.24, 2.45) is 0 Å². The number of carboxylic acids is 1. The summed E-state index contributed by atoms with van der Waals surface area (Å²) in [4.78, 5) is 10.9. The molecule has 0 bridgehead atoms. The van der Waals surface area contributed by atoms with Crippen LogP contribution in [0.15, 0.2) is 33.4 Å². The Labute approximate surface area is 108 Å². The molecule has 1 heterocycles. The van der Waals surface area contributed by atoms with Crippen LogP contribution >= 0.6 is 15.9 Å². The third-order valence-electron chi connectivity index (χ3n) is 2.87. The number of fused-ring (bicyclic) bond motifs is 1. The first kappa shape index (κ1) is 12.2. The second kappa shape index (κ2) is 4.18. The van der Waals surface area contributed by atoms with Crippen LogP contribution in [0.25, 0.3) is 11.0 Å². The topological polar surface area (TPSA) is 50.4 Å². The smallest absolute Gasteiger partial charge is 0.304 e. The minimum atomic E-state index is -0.808. The molecule has 0 atom stereocenters. The zero-order valence-electron chi connectivity index (χ0n) is 9.66. The largest absolute Gasteiger partial charge is 0.481 e. The molecule has 2 rings (SSSR count). The quantitative estimate of drug-likeness (QED) is 0.933. The minimum Gasteiger partial charge on any atom is -0.481 e. The fraction of sp³-hybridized carbons (Fsp3) is 0.308. The Bertz CT molecular complexity index is 569. The van der Waals surface area contributed by atoms with Crippen LogP contribution in [0.4, 0.5) is 0 Å². The molecule has 0 radical (unpaired) electrons. The summed E-state index contributed by atoms with van der Waals surface area (Å²) in [5, 5.41) is 9.92. The number of furan rings is 1. The van der Waals surface area contributed by atoms with Gasteiger partial charge in [0, 0.05) is 16.4 Å². The Morgan fingerprint density at radius 3 is 2.82 bits per heavy atom. The summed E-state index contributed by atoms with van der Waals surface area (Å²) in [6, 6.07) is 5.78. The van der Waals surface area contributed by atoms with Gasteiger partial charge in [-0.2, -0.15) is 0 Å². The number of aliphatic carboxylic acids is 1. The lowest BCUT2D eigenvalue weighted by Gasteiger charge is -2.23. The highest BCUT2D eigenvalue weighted by Crippen LogP contribution is 2.36. The van der Waals surface area contributed by atoms with Crippen LogP contribution in [0.3, 0.4) is 0 Å². The normalized spacial score (nSPS) is 11.9. The summed E-state index contributed by atoms with van der Waals surface area (Å²) in [7, 11) is 0. The molecule has 3 nitrogen and oxygen atoms in total. The molecule has 0 unspecified atom stereocenters. The van der Waals surface area contributed by atoms with Crippen molar-refractivity contribution in [1.29, 1.82) is 0 Å². The lowest BCUT2D eigenvalue weighted by Crippen LogP contribution is -2.21. The van der Waals surface area contributed by atoms with Crippen LogP contribution in [0.1, 0.15) is 25.8 Å². The van der Waals surface area contributed by atoms with Crippen molar-refractivity contribution in [3.8, 4) is 0 Å². The number of para-hydroxylation sites is 1. The molecule has 17 heavy (non-hydrogen) atoms. The van der Waals surface area contributed by atoms with E-state index in [1.807, 2.05) is 32.0 Å². The number of hydrogen-bond acceptors (Lipinski definition) is 2. The van der Waals surface area contributed by atoms with Crippen molar-refractivity contribution >= 4 is 32.9 Å². The summed E-state index contributed by atoms with van der Waals surface area (Å²) >= 11 is 3.41. The van der Waals surface area contributed by atoms with Crippen LogP contribution in [-0.4, -0.2) is 11.1 Å². The molecular formula is C13H13BrO3. The van der Waals surface area contributed by atoms with Crippen molar-refractivity contribution < 1.29 is 14.3 Å². The second-order valence-corrected chi connectivity index (χ2v) is 5.57. The molecule has 0 amide bonds. The first-order chi connectivity index (χ1) is 7.92. The molecule has 90 valence electrons. The molecule has 0 saturated carbocycles. The molecule has 0 aliphatic carbocycles. The van der Waals surface area contributed by atoms with Gasteiger partial charge < -0.3 is 9.52 Å². The molecule has 0 aliphatic rings. The van der Waals surface area contributed by atoms with E-state index in [1.165, 1.54) is 0 Å². The zero-order chi connectivity index (χ0) is 12.6.